The van der Waals surface area contributed by atoms with Crippen molar-refractivity contribution in [1.82, 2.24) is 0 Å². The Bertz CT molecular complexity index is 47.0. The van der Waals surface area contributed by atoms with Crippen LogP contribution < -0.4 is 5.73 Å². The molecule has 7 heavy (non-hydrogen) atoms. The van der Waals surface area contributed by atoms with Gasteiger partial charge in [0.2, 0.25) is 0 Å². The number of hydrogen-bond acceptors (Lipinski definition) is 3. The number of aliphatic hydroxyl groups is 2. The van der Waals surface area contributed by atoms with Crippen molar-refractivity contribution >= 4 is 0 Å². The summed E-state index contributed by atoms with van der Waals surface area (Å²) in [4.78, 5) is 0. The summed E-state index contributed by atoms with van der Waals surface area (Å²) in [6.07, 6.45) is -1.47. The third-order valence-electron chi connectivity index (χ3n) is 0.798. The van der Waals surface area contributed by atoms with E-state index in [-0.39, 0.29) is 6.54 Å². The van der Waals surface area contributed by atoms with Crippen LogP contribution in [0.2, 0.25) is 0 Å². The second-order valence-electron chi connectivity index (χ2n) is 1.54. The first-order valence-electron chi connectivity index (χ1n) is 2.24. The van der Waals surface area contributed by atoms with Crippen LogP contribution in [0.5, 0.6) is 0 Å². The quantitative estimate of drug-likeness (QED) is 0.408. The standard InChI is InChI=1S/C4H11NO2/c1-3(6)4(7)2-5/h3-4,6-7H,2,5H2,1H3/t3-,4?/m0/s1. The zero-order valence-electron chi connectivity index (χ0n) is 4.33. The van der Waals surface area contributed by atoms with Crippen LogP contribution >= 0.6 is 0 Å². The van der Waals surface area contributed by atoms with E-state index in [0.29, 0.717) is 0 Å². The van der Waals surface area contributed by atoms with Crippen LogP contribution in [0.25, 0.3) is 0 Å². The van der Waals surface area contributed by atoms with Crippen molar-refractivity contribution in [2.45, 2.75) is 19.1 Å². The van der Waals surface area contributed by atoms with Gasteiger partial charge in [-0.1, -0.05) is 0 Å². The third-order valence-corrected chi connectivity index (χ3v) is 0.798. The van der Waals surface area contributed by atoms with Crippen molar-refractivity contribution in [2.24, 2.45) is 5.73 Å². The van der Waals surface area contributed by atoms with E-state index < -0.39 is 12.2 Å². The molecule has 0 aromatic heterocycles. The molecule has 0 aliphatic carbocycles. The Morgan fingerprint density at radius 3 is 2.00 bits per heavy atom. The summed E-state index contributed by atoms with van der Waals surface area (Å²) in [5.41, 5.74) is 4.96. The number of hydrogen-bond donors (Lipinski definition) is 3. The van der Waals surface area contributed by atoms with Gasteiger partial charge < -0.3 is 15.9 Å². The molecular weight excluding hydrogens is 94.0 g/mol. The Balaban J connectivity index is 3.14. The first-order chi connectivity index (χ1) is 3.18. The summed E-state index contributed by atoms with van der Waals surface area (Å²) in [6, 6.07) is 0. The molecule has 0 radical (unpaired) electrons. The molecule has 0 saturated heterocycles. The minimum Gasteiger partial charge on any atom is -0.391 e. The second kappa shape index (κ2) is 2.96. The van der Waals surface area contributed by atoms with Gasteiger partial charge in [-0.05, 0) is 6.92 Å². The highest BCUT2D eigenvalue weighted by Crippen LogP contribution is 1.85. The molecule has 4 N–H and O–H groups in total. The summed E-state index contributed by atoms with van der Waals surface area (Å²) >= 11 is 0. The van der Waals surface area contributed by atoms with E-state index in [2.05, 4.69) is 0 Å². The highest BCUT2D eigenvalue weighted by atomic mass is 16.3. The molecule has 0 amide bonds. The van der Waals surface area contributed by atoms with E-state index in [1.807, 2.05) is 0 Å². The van der Waals surface area contributed by atoms with Gasteiger partial charge in [0.05, 0.1) is 12.2 Å². The Kier molecular flexibility index (Phi) is 2.91. The Morgan fingerprint density at radius 2 is 2.00 bits per heavy atom. The molecule has 0 aliphatic heterocycles. The summed E-state index contributed by atoms with van der Waals surface area (Å²) in [5, 5.41) is 17.1. The molecule has 0 saturated carbocycles. The smallest absolute Gasteiger partial charge is 0.0918 e. The largest absolute Gasteiger partial charge is 0.391 e. The molecule has 0 fully saturated rings. The molecule has 0 aliphatic rings. The van der Waals surface area contributed by atoms with E-state index in [9.17, 15) is 0 Å². The van der Waals surface area contributed by atoms with Gasteiger partial charge in [-0.3, -0.25) is 0 Å². The number of nitrogens with two attached hydrogens (primary N) is 1. The van der Waals surface area contributed by atoms with Crippen molar-refractivity contribution in [2.75, 3.05) is 6.54 Å². The third kappa shape index (κ3) is 2.56. The highest BCUT2D eigenvalue weighted by Gasteiger charge is 2.05. The minimum absolute atomic E-state index is 0.123. The average molecular weight is 105 g/mol. The molecule has 2 atom stereocenters. The van der Waals surface area contributed by atoms with E-state index in [4.69, 9.17) is 15.9 Å². The first-order valence-corrected chi connectivity index (χ1v) is 2.24. The van der Waals surface area contributed by atoms with Crippen LogP contribution in [-0.2, 0) is 0 Å². The van der Waals surface area contributed by atoms with Gasteiger partial charge in [0.15, 0.2) is 0 Å². The second-order valence-corrected chi connectivity index (χ2v) is 1.54. The van der Waals surface area contributed by atoms with E-state index in [0.717, 1.165) is 0 Å². The Labute approximate surface area is 42.8 Å². The zero-order valence-corrected chi connectivity index (χ0v) is 4.33. The summed E-state index contributed by atoms with van der Waals surface area (Å²) in [6.45, 7) is 1.62. The molecular formula is C4H11NO2. The lowest BCUT2D eigenvalue weighted by Crippen LogP contribution is -2.30. The minimum atomic E-state index is -0.764. The van der Waals surface area contributed by atoms with Crippen molar-refractivity contribution in [1.29, 1.82) is 0 Å². The average Bonchev–Trinajstić information content (AvgIpc) is 1.65. The topological polar surface area (TPSA) is 66.5 Å². The fourth-order valence-electron chi connectivity index (χ4n) is 0.197. The maximum Gasteiger partial charge on any atom is 0.0918 e. The lowest BCUT2D eigenvalue weighted by molar-refractivity contribution is 0.0374. The van der Waals surface area contributed by atoms with Crippen molar-refractivity contribution in [3.8, 4) is 0 Å². The first kappa shape index (κ1) is 6.88. The molecule has 44 valence electrons. The number of aliphatic hydroxyl groups excluding tert-OH is 2. The monoisotopic (exact) mass is 105 g/mol. The maximum atomic E-state index is 8.56. The SMILES string of the molecule is C[C@H](O)C(O)CN. The van der Waals surface area contributed by atoms with Gasteiger partial charge in [0.1, 0.15) is 0 Å². The molecule has 0 aromatic carbocycles. The molecule has 0 aromatic rings. The van der Waals surface area contributed by atoms with Crippen LogP contribution in [0.1, 0.15) is 6.92 Å². The fourth-order valence-corrected chi connectivity index (χ4v) is 0.197. The predicted molar refractivity (Wildman–Crippen MR) is 26.7 cm³/mol. The van der Waals surface area contributed by atoms with Gasteiger partial charge in [-0.15, -0.1) is 0 Å². The molecule has 0 rings (SSSR count). The van der Waals surface area contributed by atoms with Crippen molar-refractivity contribution < 1.29 is 10.2 Å². The van der Waals surface area contributed by atoms with Crippen LogP contribution in [0.15, 0.2) is 0 Å². The zero-order chi connectivity index (χ0) is 5.86. The van der Waals surface area contributed by atoms with Gasteiger partial charge in [0, 0.05) is 6.54 Å². The highest BCUT2D eigenvalue weighted by molar-refractivity contribution is 4.60. The maximum absolute atomic E-state index is 8.56. The molecule has 3 heteroatoms. The molecule has 1 unspecified atom stereocenters. The normalized spacial score (nSPS) is 18.9. The summed E-state index contributed by atoms with van der Waals surface area (Å²) < 4.78 is 0. The lowest BCUT2D eigenvalue weighted by Gasteiger charge is -2.08. The molecule has 0 bridgehead atoms. The van der Waals surface area contributed by atoms with Crippen molar-refractivity contribution in [3.05, 3.63) is 0 Å². The van der Waals surface area contributed by atoms with Gasteiger partial charge in [0.25, 0.3) is 0 Å². The molecule has 3 nitrogen and oxygen atoms in total. The van der Waals surface area contributed by atoms with Crippen LogP contribution in [-0.4, -0.2) is 29.0 Å². The predicted octanol–water partition coefficient (Wildman–Crippen LogP) is -1.31. The van der Waals surface area contributed by atoms with E-state index >= 15 is 0 Å². The van der Waals surface area contributed by atoms with E-state index in [1.165, 1.54) is 6.92 Å². The Morgan fingerprint density at radius 1 is 1.57 bits per heavy atom. The molecule has 0 heterocycles. The van der Waals surface area contributed by atoms with Crippen molar-refractivity contribution in [3.63, 3.8) is 0 Å². The molecule has 0 spiro atoms. The van der Waals surface area contributed by atoms with Gasteiger partial charge in [-0.25, -0.2) is 0 Å². The van der Waals surface area contributed by atoms with Crippen LogP contribution in [0.4, 0.5) is 0 Å². The van der Waals surface area contributed by atoms with Gasteiger partial charge >= 0.3 is 0 Å². The number of rotatable bonds is 2. The van der Waals surface area contributed by atoms with Crippen LogP contribution in [0.3, 0.4) is 0 Å². The van der Waals surface area contributed by atoms with Gasteiger partial charge in [-0.2, -0.15) is 0 Å². The van der Waals surface area contributed by atoms with E-state index in [1.54, 1.807) is 0 Å². The fraction of sp³-hybridized carbons (Fsp3) is 1.00. The summed E-state index contributed by atoms with van der Waals surface area (Å²) in [5.74, 6) is 0. The summed E-state index contributed by atoms with van der Waals surface area (Å²) in [7, 11) is 0. The lowest BCUT2D eigenvalue weighted by atomic mass is 10.2. The Hall–Kier alpha value is -0.120. The van der Waals surface area contributed by atoms with Crippen LogP contribution in [0, 0.1) is 0 Å².